The Morgan fingerprint density at radius 2 is 2.32 bits per heavy atom. The second kappa shape index (κ2) is 6.02. The van der Waals surface area contributed by atoms with Gasteiger partial charge in [-0.25, -0.2) is 0 Å². The zero-order chi connectivity index (χ0) is 13.8. The molecule has 1 unspecified atom stereocenters. The number of carbonyl (C=O) groups excluding carboxylic acids is 1. The van der Waals surface area contributed by atoms with Crippen molar-refractivity contribution in [3.05, 3.63) is 34.2 Å². The third kappa shape index (κ3) is 3.04. The van der Waals surface area contributed by atoms with E-state index in [9.17, 15) is 9.59 Å². The summed E-state index contributed by atoms with van der Waals surface area (Å²) < 4.78 is 1.46. The number of nitrogens with two attached hydrogens (primary N) is 1. The summed E-state index contributed by atoms with van der Waals surface area (Å²) in [6.45, 7) is 1.44. The van der Waals surface area contributed by atoms with Crippen LogP contribution in [0.2, 0.25) is 0 Å². The normalized spacial score (nSPS) is 18.8. The van der Waals surface area contributed by atoms with E-state index in [-0.39, 0.29) is 17.5 Å². The second-order valence-corrected chi connectivity index (χ2v) is 5.09. The summed E-state index contributed by atoms with van der Waals surface area (Å²) in [4.78, 5) is 25.9. The quantitative estimate of drug-likeness (QED) is 0.870. The second-order valence-electron chi connectivity index (χ2n) is 5.09. The van der Waals surface area contributed by atoms with E-state index in [1.165, 1.54) is 10.6 Å². The van der Waals surface area contributed by atoms with Crippen LogP contribution in [0.25, 0.3) is 0 Å². The summed E-state index contributed by atoms with van der Waals surface area (Å²) in [6, 6.07) is 3.41. The van der Waals surface area contributed by atoms with Crippen LogP contribution < -0.4 is 11.3 Å². The molecule has 1 aliphatic rings. The van der Waals surface area contributed by atoms with Gasteiger partial charge in [-0.05, 0) is 38.3 Å². The van der Waals surface area contributed by atoms with E-state index < -0.39 is 0 Å². The molecule has 0 spiro atoms. The number of amides is 1. The SMILES string of the molecule is Cn1ccc(C(=O)N2CCCC2CCCN)cc1=O. The Hall–Kier alpha value is -1.62. The lowest BCUT2D eigenvalue weighted by molar-refractivity contribution is 0.0729. The van der Waals surface area contributed by atoms with Crippen molar-refractivity contribution in [3.63, 3.8) is 0 Å². The number of hydrogen-bond donors (Lipinski definition) is 1. The zero-order valence-corrected chi connectivity index (χ0v) is 11.3. The molecule has 2 heterocycles. The minimum Gasteiger partial charge on any atom is -0.336 e. The summed E-state index contributed by atoms with van der Waals surface area (Å²) in [5, 5.41) is 0. The van der Waals surface area contributed by atoms with Crippen LogP contribution in [0.1, 0.15) is 36.0 Å². The van der Waals surface area contributed by atoms with E-state index in [1.54, 1.807) is 19.3 Å². The molecule has 19 heavy (non-hydrogen) atoms. The van der Waals surface area contributed by atoms with Crippen molar-refractivity contribution < 1.29 is 4.79 Å². The van der Waals surface area contributed by atoms with Crippen LogP contribution in [0.3, 0.4) is 0 Å². The number of carbonyl (C=O) groups is 1. The lowest BCUT2D eigenvalue weighted by Gasteiger charge is -2.24. The molecule has 1 saturated heterocycles. The largest absolute Gasteiger partial charge is 0.336 e. The van der Waals surface area contributed by atoms with E-state index >= 15 is 0 Å². The molecule has 1 amide bonds. The van der Waals surface area contributed by atoms with Crippen molar-refractivity contribution in [2.24, 2.45) is 12.8 Å². The average molecular weight is 263 g/mol. The molecule has 2 N–H and O–H groups in total. The summed E-state index contributed by atoms with van der Waals surface area (Å²) in [7, 11) is 1.68. The standard InChI is InChI=1S/C14H21N3O2/c1-16-9-6-11(10-13(16)18)14(19)17-8-3-5-12(17)4-2-7-15/h6,9-10,12H,2-5,7-8,15H2,1H3. The van der Waals surface area contributed by atoms with Gasteiger partial charge < -0.3 is 15.2 Å². The Morgan fingerprint density at radius 1 is 1.53 bits per heavy atom. The predicted molar refractivity (Wildman–Crippen MR) is 74.0 cm³/mol. The first-order valence-corrected chi connectivity index (χ1v) is 6.81. The van der Waals surface area contributed by atoms with Crippen LogP contribution in [-0.4, -0.2) is 34.5 Å². The molecule has 0 radical (unpaired) electrons. The smallest absolute Gasteiger partial charge is 0.254 e. The zero-order valence-electron chi connectivity index (χ0n) is 11.3. The third-order valence-corrected chi connectivity index (χ3v) is 3.73. The molecular weight excluding hydrogens is 242 g/mol. The molecule has 5 nitrogen and oxygen atoms in total. The fraction of sp³-hybridized carbons (Fsp3) is 0.571. The lowest BCUT2D eigenvalue weighted by atomic mass is 10.1. The van der Waals surface area contributed by atoms with Crippen LogP contribution in [0.4, 0.5) is 0 Å². The highest BCUT2D eigenvalue weighted by molar-refractivity contribution is 5.94. The predicted octanol–water partition coefficient (Wildman–Crippen LogP) is 0.729. The highest BCUT2D eigenvalue weighted by atomic mass is 16.2. The fourth-order valence-electron chi connectivity index (χ4n) is 2.60. The van der Waals surface area contributed by atoms with Crippen molar-refractivity contribution in [2.45, 2.75) is 31.7 Å². The van der Waals surface area contributed by atoms with Gasteiger partial charge in [-0.1, -0.05) is 0 Å². The van der Waals surface area contributed by atoms with E-state index in [0.717, 1.165) is 32.2 Å². The topological polar surface area (TPSA) is 68.3 Å². The molecule has 1 fully saturated rings. The minimum atomic E-state index is -0.149. The molecular formula is C14H21N3O2. The molecule has 0 bridgehead atoms. The van der Waals surface area contributed by atoms with Gasteiger partial charge in [0.15, 0.2) is 0 Å². The van der Waals surface area contributed by atoms with Crippen molar-refractivity contribution in [1.82, 2.24) is 9.47 Å². The van der Waals surface area contributed by atoms with Gasteiger partial charge in [0.05, 0.1) is 0 Å². The molecule has 1 aliphatic heterocycles. The minimum absolute atomic E-state index is 0.0304. The number of aryl methyl sites for hydroxylation is 1. The molecule has 1 aromatic heterocycles. The van der Waals surface area contributed by atoms with Crippen molar-refractivity contribution in [2.75, 3.05) is 13.1 Å². The van der Waals surface area contributed by atoms with Crippen LogP contribution in [-0.2, 0) is 7.05 Å². The third-order valence-electron chi connectivity index (χ3n) is 3.73. The molecule has 2 rings (SSSR count). The van der Waals surface area contributed by atoms with E-state index in [4.69, 9.17) is 5.73 Å². The fourth-order valence-corrected chi connectivity index (χ4v) is 2.60. The molecule has 104 valence electrons. The number of likely N-dealkylation sites (tertiary alicyclic amines) is 1. The molecule has 0 aliphatic carbocycles. The number of aromatic nitrogens is 1. The number of rotatable bonds is 4. The van der Waals surface area contributed by atoms with E-state index in [1.807, 2.05) is 4.90 Å². The van der Waals surface area contributed by atoms with Gasteiger partial charge in [-0.15, -0.1) is 0 Å². The molecule has 1 aromatic rings. The van der Waals surface area contributed by atoms with Gasteiger partial charge in [0.2, 0.25) is 0 Å². The van der Waals surface area contributed by atoms with Gasteiger partial charge in [0, 0.05) is 37.5 Å². The number of hydrogen-bond acceptors (Lipinski definition) is 3. The van der Waals surface area contributed by atoms with Gasteiger partial charge in [0.1, 0.15) is 0 Å². The maximum Gasteiger partial charge on any atom is 0.254 e. The average Bonchev–Trinajstić information content (AvgIpc) is 2.87. The number of nitrogens with zero attached hydrogens (tertiary/aromatic N) is 2. The monoisotopic (exact) mass is 263 g/mol. The Kier molecular flexibility index (Phi) is 4.37. The van der Waals surface area contributed by atoms with Crippen LogP contribution in [0.5, 0.6) is 0 Å². The van der Waals surface area contributed by atoms with Crippen LogP contribution in [0.15, 0.2) is 23.1 Å². The molecule has 1 atom stereocenters. The molecule has 5 heteroatoms. The summed E-state index contributed by atoms with van der Waals surface area (Å²) >= 11 is 0. The Labute approximate surface area is 113 Å². The van der Waals surface area contributed by atoms with Crippen LogP contribution in [0, 0.1) is 0 Å². The van der Waals surface area contributed by atoms with Gasteiger partial charge in [0.25, 0.3) is 11.5 Å². The summed E-state index contributed by atoms with van der Waals surface area (Å²) in [6.07, 6.45) is 5.60. The Bertz CT molecular complexity index is 510. The molecule has 0 saturated carbocycles. The Balaban J connectivity index is 2.13. The first kappa shape index (κ1) is 13.8. The van der Waals surface area contributed by atoms with Gasteiger partial charge in [-0.2, -0.15) is 0 Å². The molecule has 0 aromatic carbocycles. The highest BCUT2D eigenvalue weighted by Crippen LogP contribution is 2.23. The van der Waals surface area contributed by atoms with Gasteiger partial charge in [-0.3, -0.25) is 9.59 Å². The number of pyridine rings is 1. The van der Waals surface area contributed by atoms with E-state index in [0.29, 0.717) is 12.1 Å². The van der Waals surface area contributed by atoms with Crippen molar-refractivity contribution >= 4 is 5.91 Å². The first-order valence-electron chi connectivity index (χ1n) is 6.81. The first-order chi connectivity index (χ1) is 9.13. The summed E-state index contributed by atoms with van der Waals surface area (Å²) in [5.41, 5.74) is 5.87. The van der Waals surface area contributed by atoms with Crippen LogP contribution >= 0.6 is 0 Å². The van der Waals surface area contributed by atoms with Crippen molar-refractivity contribution in [3.8, 4) is 0 Å². The highest BCUT2D eigenvalue weighted by Gasteiger charge is 2.28. The maximum atomic E-state index is 12.4. The Morgan fingerprint density at radius 3 is 3.00 bits per heavy atom. The van der Waals surface area contributed by atoms with Gasteiger partial charge >= 0.3 is 0 Å². The maximum absolute atomic E-state index is 12.4. The lowest BCUT2D eigenvalue weighted by Crippen LogP contribution is -2.36. The van der Waals surface area contributed by atoms with Crippen molar-refractivity contribution in [1.29, 1.82) is 0 Å². The van der Waals surface area contributed by atoms with E-state index in [2.05, 4.69) is 0 Å². The summed E-state index contributed by atoms with van der Waals surface area (Å²) in [5.74, 6) is -0.0304.